The lowest BCUT2D eigenvalue weighted by molar-refractivity contribution is 0.372. The van der Waals surface area contributed by atoms with Gasteiger partial charge in [-0.1, -0.05) is 6.07 Å². The fourth-order valence-electron chi connectivity index (χ4n) is 3.14. The van der Waals surface area contributed by atoms with Gasteiger partial charge in [0.2, 0.25) is 0 Å². The van der Waals surface area contributed by atoms with E-state index in [0.29, 0.717) is 0 Å². The predicted molar refractivity (Wildman–Crippen MR) is 124 cm³/mol. The van der Waals surface area contributed by atoms with Gasteiger partial charge in [0, 0.05) is 63.3 Å². The molecule has 3 rings (SSSR count). The smallest absolute Gasteiger partial charge is 0.193 e. The molecule has 1 aliphatic heterocycles. The Morgan fingerprint density at radius 2 is 2.07 bits per heavy atom. The Kier molecular flexibility index (Phi) is 8.62. The van der Waals surface area contributed by atoms with Crippen LogP contribution < -0.4 is 15.0 Å². The highest BCUT2D eigenvalue weighted by Gasteiger charge is 2.20. The summed E-state index contributed by atoms with van der Waals surface area (Å²) in [7, 11) is 3.56. The number of benzene rings is 1. The second-order valence-corrected chi connectivity index (χ2v) is 7.32. The van der Waals surface area contributed by atoms with Crippen LogP contribution in [0.4, 0.5) is 5.69 Å². The van der Waals surface area contributed by atoms with Crippen molar-refractivity contribution in [2.45, 2.75) is 13.3 Å². The molecule has 0 spiro atoms. The quantitative estimate of drug-likeness (QED) is 0.388. The monoisotopic (exact) mass is 501 g/mol. The van der Waals surface area contributed by atoms with E-state index in [1.807, 2.05) is 26.1 Å². The Bertz CT molecular complexity index is 743. The second kappa shape index (κ2) is 10.7. The van der Waals surface area contributed by atoms with E-state index in [-0.39, 0.29) is 24.0 Å². The number of hydrogen-bond acceptors (Lipinski definition) is 5. The molecule has 0 atom stereocenters. The first kappa shape index (κ1) is 21.7. The Balaban J connectivity index is 0.00000261. The molecule has 6 nitrogen and oxygen atoms in total. The molecule has 1 aliphatic rings. The van der Waals surface area contributed by atoms with Gasteiger partial charge < -0.3 is 19.9 Å². The molecule has 2 aromatic rings. The predicted octanol–water partition coefficient (Wildman–Crippen LogP) is 3.02. The molecular weight excluding hydrogens is 473 g/mol. The van der Waals surface area contributed by atoms with Crippen LogP contribution in [0.3, 0.4) is 0 Å². The van der Waals surface area contributed by atoms with Crippen molar-refractivity contribution in [3.8, 4) is 5.75 Å². The molecule has 1 fully saturated rings. The number of ether oxygens (including phenoxy) is 1. The Morgan fingerprint density at radius 1 is 1.30 bits per heavy atom. The van der Waals surface area contributed by atoms with E-state index in [1.54, 1.807) is 18.4 Å². The van der Waals surface area contributed by atoms with Crippen LogP contribution in [0.15, 0.2) is 34.6 Å². The first-order valence-corrected chi connectivity index (χ1v) is 9.83. The summed E-state index contributed by atoms with van der Waals surface area (Å²) >= 11 is 1.70. The molecule has 0 amide bonds. The van der Waals surface area contributed by atoms with Gasteiger partial charge in [0.05, 0.1) is 17.8 Å². The minimum absolute atomic E-state index is 0. The summed E-state index contributed by atoms with van der Waals surface area (Å²) in [6, 6.07) is 8.26. The van der Waals surface area contributed by atoms with E-state index in [2.05, 4.69) is 42.6 Å². The maximum Gasteiger partial charge on any atom is 0.193 e. The van der Waals surface area contributed by atoms with Crippen molar-refractivity contribution in [3.05, 3.63) is 40.3 Å². The van der Waals surface area contributed by atoms with Crippen LogP contribution in [0, 0.1) is 6.92 Å². The molecule has 1 N–H and O–H groups in total. The number of guanidine groups is 1. The average molecular weight is 501 g/mol. The zero-order chi connectivity index (χ0) is 18.4. The maximum absolute atomic E-state index is 5.33. The van der Waals surface area contributed by atoms with Gasteiger partial charge in [-0.25, -0.2) is 4.98 Å². The SMILES string of the molecule is CN=C(NCCc1csc(C)n1)N1CCN(c2cccc(OC)c2)CC1.I. The molecule has 1 saturated heterocycles. The number of nitrogens with zero attached hydrogens (tertiary/aromatic N) is 4. The number of rotatable bonds is 5. The van der Waals surface area contributed by atoms with E-state index in [9.17, 15) is 0 Å². The Hall–Kier alpha value is -1.55. The summed E-state index contributed by atoms with van der Waals surface area (Å²) in [5.41, 5.74) is 2.36. The number of nitrogens with one attached hydrogen (secondary N) is 1. The lowest BCUT2D eigenvalue weighted by Crippen LogP contribution is -2.52. The highest BCUT2D eigenvalue weighted by molar-refractivity contribution is 14.0. The fraction of sp³-hybridized carbons (Fsp3) is 0.474. The third-order valence-corrected chi connectivity index (χ3v) is 5.36. The number of aromatic nitrogens is 1. The fourth-order valence-corrected chi connectivity index (χ4v) is 3.79. The van der Waals surface area contributed by atoms with E-state index in [0.717, 1.165) is 61.6 Å². The van der Waals surface area contributed by atoms with Crippen molar-refractivity contribution in [2.24, 2.45) is 4.99 Å². The third kappa shape index (κ3) is 5.97. The number of hydrogen-bond donors (Lipinski definition) is 1. The van der Waals surface area contributed by atoms with Gasteiger partial charge in [-0.3, -0.25) is 4.99 Å². The van der Waals surface area contributed by atoms with Crippen molar-refractivity contribution in [3.63, 3.8) is 0 Å². The van der Waals surface area contributed by atoms with Gasteiger partial charge in [-0.15, -0.1) is 35.3 Å². The van der Waals surface area contributed by atoms with E-state index in [1.165, 1.54) is 5.69 Å². The minimum Gasteiger partial charge on any atom is -0.497 e. The highest BCUT2D eigenvalue weighted by atomic mass is 127. The molecular formula is C19H28IN5OS. The summed E-state index contributed by atoms with van der Waals surface area (Å²) in [4.78, 5) is 13.7. The summed E-state index contributed by atoms with van der Waals surface area (Å²) in [5.74, 6) is 1.88. The Morgan fingerprint density at radius 3 is 2.70 bits per heavy atom. The molecule has 1 aromatic heterocycles. The standard InChI is InChI=1S/C19H27N5OS.HI/c1-15-22-16(14-26-15)7-8-21-19(20-2)24-11-9-23(10-12-24)17-5-4-6-18(13-17)25-3;/h4-6,13-14H,7-12H2,1-3H3,(H,20,21);1H. The van der Waals surface area contributed by atoms with E-state index < -0.39 is 0 Å². The van der Waals surface area contributed by atoms with Gasteiger partial charge in [0.25, 0.3) is 0 Å². The summed E-state index contributed by atoms with van der Waals surface area (Å²) < 4.78 is 5.33. The lowest BCUT2D eigenvalue weighted by atomic mass is 10.2. The minimum atomic E-state index is 0. The first-order valence-electron chi connectivity index (χ1n) is 8.95. The van der Waals surface area contributed by atoms with Gasteiger partial charge in [0.1, 0.15) is 5.75 Å². The summed E-state index contributed by atoms with van der Waals surface area (Å²) in [6.07, 6.45) is 0.924. The van der Waals surface area contributed by atoms with Gasteiger partial charge >= 0.3 is 0 Å². The molecule has 0 radical (unpaired) electrons. The normalized spacial score (nSPS) is 14.7. The largest absolute Gasteiger partial charge is 0.497 e. The van der Waals surface area contributed by atoms with Crippen LogP contribution in [0.2, 0.25) is 0 Å². The van der Waals surface area contributed by atoms with Crippen molar-refractivity contribution in [2.75, 3.05) is 51.8 Å². The molecule has 2 heterocycles. The van der Waals surface area contributed by atoms with Crippen molar-refractivity contribution >= 4 is 47.0 Å². The van der Waals surface area contributed by atoms with Gasteiger partial charge in [-0.2, -0.15) is 0 Å². The second-order valence-electron chi connectivity index (χ2n) is 6.26. The lowest BCUT2D eigenvalue weighted by Gasteiger charge is -2.37. The van der Waals surface area contributed by atoms with Crippen LogP contribution in [-0.2, 0) is 6.42 Å². The number of aliphatic imine (C=N–C) groups is 1. The van der Waals surface area contributed by atoms with E-state index >= 15 is 0 Å². The number of aryl methyl sites for hydroxylation is 1. The molecule has 27 heavy (non-hydrogen) atoms. The van der Waals surface area contributed by atoms with Crippen molar-refractivity contribution in [1.82, 2.24) is 15.2 Å². The first-order chi connectivity index (χ1) is 12.7. The molecule has 0 aliphatic carbocycles. The number of thiazole rings is 1. The summed E-state index contributed by atoms with van der Waals surface area (Å²) in [5, 5.41) is 6.73. The molecule has 8 heteroatoms. The Labute approximate surface area is 182 Å². The van der Waals surface area contributed by atoms with Crippen molar-refractivity contribution < 1.29 is 4.74 Å². The van der Waals surface area contributed by atoms with Crippen LogP contribution in [0.1, 0.15) is 10.7 Å². The summed E-state index contributed by atoms with van der Waals surface area (Å²) in [6.45, 7) is 6.74. The maximum atomic E-state index is 5.33. The molecule has 1 aromatic carbocycles. The highest BCUT2D eigenvalue weighted by Crippen LogP contribution is 2.22. The molecule has 0 saturated carbocycles. The molecule has 0 bridgehead atoms. The topological polar surface area (TPSA) is 53.0 Å². The molecule has 0 unspecified atom stereocenters. The van der Waals surface area contributed by atoms with Gasteiger partial charge in [0.15, 0.2) is 5.96 Å². The average Bonchev–Trinajstić information content (AvgIpc) is 3.10. The van der Waals surface area contributed by atoms with Crippen LogP contribution in [0.25, 0.3) is 0 Å². The number of anilines is 1. The zero-order valence-corrected chi connectivity index (χ0v) is 19.3. The molecule has 148 valence electrons. The van der Waals surface area contributed by atoms with E-state index in [4.69, 9.17) is 4.74 Å². The zero-order valence-electron chi connectivity index (χ0n) is 16.1. The van der Waals surface area contributed by atoms with Crippen LogP contribution >= 0.6 is 35.3 Å². The van der Waals surface area contributed by atoms with Gasteiger partial charge in [-0.05, 0) is 19.1 Å². The number of methoxy groups -OCH3 is 1. The van der Waals surface area contributed by atoms with Crippen molar-refractivity contribution in [1.29, 1.82) is 0 Å². The van der Waals surface area contributed by atoms with Crippen LogP contribution in [0.5, 0.6) is 5.75 Å². The third-order valence-electron chi connectivity index (χ3n) is 4.54. The number of halogens is 1. The number of piperazine rings is 1. The van der Waals surface area contributed by atoms with Crippen LogP contribution in [-0.4, -0.2) is 62.7 Å².